The molecule has 5 heteroatoms. The van der Waals surface area contributed by atoms with Crippen LogP contribution in [-0.2, 0) is 4.79 Å². The van der Waals surface area contributed by atoms with Crippen LogP contribution in [0.2, 0.25) is 0 Å². The standard InChI is InChI=1S/C15H25N3O2/c1-9-5-7-15(8-6-9,14(16)18-20)17-13(19)12-10-3-2-4-11(10)12/h9-12,20H,2-8H2,1H3,(H2,16,18)(H,17,19). The highest BCUT2D eigenvalue weighted by molar-refractivity contribution is 5.95. The van der Waals surface area contributed by atoms with Gasteiger partial charge >= 0.3 is 0 Å². The molecule has 0 saturated heterocycles. The Labute approximate surface area is 120 Å². The van der Waals surface area contributed by atoms with E-state index in [0.29, 0.717) is 17.8 Å². The first-order valence-corrected chi connectivity index (χ1v) is 7.87. The molecule has 5 nitrogen and oxygen atoms in total. The third kappa shape index (κ3) is 2.17. The van der Waals surface area contributed by atoms with E-state index in [0.717, 1.165) is 25.7 Å². The molecule has 3 saturated carbocycles. The van der Waals surface area contributed by atoms with E-state index in [1.165, 1.54) is 19.3 Å². The fraction of sp³-hybridized carbons (Fsp3) is 0.867. The van der Waals surface area contributed by atoms with E-state index in [-0.39, 0.29) is 17.7 Å². The molecule has 4 N–H and O–H groups in total. The summed E-state index contributed by atoms with van der Waals surface area (Å²) in [6.07, 6.45) is 7.21. The Balaban J connectivity index is 1.69. The topological polar surface area (TPSA) is 87.7 Å². The predicted octanol–water partition coefficient (Wildman–Crippen LogP) is 1.84. The van der Waals surface area contributed by atoms with Crippen LogP contribution in [-0.4, -0.2) is 22.5 Å². The maximum absolute atomic E-state index is 12.5. The molecule has 3 rings (SSSR count). The van der Waals surface area contributed by atoms with Gasteiger partial charge in [-0.15, -0.1) is 0 Å². The summed E-state index contributed by atoms with van der Waals surface area (Å²) >= 11 is 0. The molecule has 0 aromatic rings. The van der Waals surface area contributed by atoms with Gasteiger partial charge in [0.2, 0.25) is 5.91 Å². The first-order valence-electron chi connectivity index (χ1n) is 7.87. The predicted molar refractivity (Wildman–Crippen MR) is 76.2 cm³/mol. The van der Waals surface area contributed by atoms with E-state index in [4.69, 9.17) is 10.9 Å². The van der Waals surface area contributed by atoms with E-state index < -0.39 is 5.54 Å². The van der Waals surface area contributed by atoms with Gasteiger partial charge in [0.25, 0.3) is 0 Å². The maximum atomic E-state index is 12.5. The van der Waals surface area contributed by atoms with Crippen molar-refractivity contribution in [3.63, 3.8) is 0 Å². The lowest BCUT2D eigenvalue weighted by Crippen LogP contribution is -2.59. The molecule has 0 aromatic carbocycles. The van der Waals surface area contributed by atoms with Gasteiger partial charge in [-0.2, -0.15) is 0 Å². The van der Waals surface area contributed by atoms with E-state index in [9.17, 15) is 4.79 Å². The molecular weight excluding hydrogens is 254 g/mol. The zero-order chi connectivity index (χ0) is 14.3. The smallest absolute Gasteiger partial charge is 0.224 e. The quantitative estimate of drug-likeness (QED) is 0.319. The first-order chi connectivity index (χ1) is 9.57. The van der Waals surface area contributed by atoms with Gasteiger partial charge in [-0.05, 0) is 56.3 Å². The highest BCUT2D eigenvalue weighted by atomic mass is 16.4. The van der Waals surface area contributed by atoms with Crippen molar-refractivity contribution in [1.82, 2.24) is 5.32 Å². The third-order valence-electron chi connectivity index (χ3n) is 5.80. The van der Waals surface area contributed by atoms with Crippen LogP contribution >= 0.6 is 0 Å². The maximum Gasteiger partial charge on any atom is 0.224 e. The summed E-state index contributed by atoms with van der Waals surface area (Å²) in [5.74, 6) is 2.33. The van der Waals surface area contributed by atoms with Gasteiger partial charge in [-0.1, -0.05) is 18.5 Å². The number of nitrogens with one attached hydrogen (secondary N) is 1. The van der Waals surface area contributed by atoms with Crippen LogP contribution in [0.25, 0.3) is 0 Å². The molecule has 112 valence electrons. The Morgan fingerprint density at radius 1 is 1.25 bits per heavy atom. The van der Waals surface area contributed by atoms with Gasteiger partial charge in [0.05, 0.1) is 0 Å². The van der Waals surface area contributed by atoms with Crippen LogP contribution in [0.15, 0.2) is 5.16 Å². The van der Waals surface area contributed by atoms with Crippen LogP contribution in [0, 0.1) is 23.7 Å². The number of carbonyl (C=O) groups excluding carboxylic acids is 1. The van der Waals surface area contributed by atoms with Crippen molar-refractivity contribution in [2.75, 3.05) is 0 Å². The average molecular weight is 279 g/mol. The minimum Gasteiger partial charge on any atom is -0.409 e. The average Bonchev–Trinajstić information content (AvgIpc) is 2.94. The lowest BCUT2D eigenvalue weighted by atomic mass is 9.76. The second-order valence-electron chi connectivity index (χ2n) is 7.02. The summed E-state index contributed by atoms with van der Waals surface area (Å²) in [5, 5.41) is 15.4. The third-order valence-corrected chi connectivity index (χ3v) is 5.80. The van der Waals surface area contributed by atoms with Gasteiger partial charge < -0.3 is 16.3 Å². The van der Waals surface area contributed by atoms with Crippen LogP contribution in [0.1, 0.15) is 51.9 Å². The van der Waals surface area contributed by atoms with Gasteiger partial charge in [-0.3, -0.25) is 4.79 Å². The zero-order valence-electron chi connectivity index (χ0n) is 12.1. The Kier molecular flexibility index (Phi) is 3.38. The fourth-order valence-corrected chi connectivity index (χ4v) is 4.33. The molecule has 1 amide bonds. The molecule has 0 radical (unpaired) electrons. The number of amides is 1. The molecule has 0 aromatic heterocycles. The molecule has 2 atom stereocenters. The van der Waals surface area contributed by atoms with Crippen molar-refractivity contribution in [3.8, 4) is 0 Å². The highest BCUT2D eigenvalue weighted by Gasteiger charge is 2.57. The number of nitrogens with zero attached hydrogens (tertiary/aromatic N) is 1. The number of hydrogen-bond acceptors (Lipinski definition) is 3. The van der Waals surface area contributed by atoms with E-state index in [1.54, 1.807) is 0 Å². The van der Waals surface area contributed by atoms with Gasteiger partial charge in [-0.25, -0.2) is 0 Å². The van der Waals surface area contributed by atoms with Crippen molar-refractivity contribution >= 4 is 11.7 Å². The summed E-state index contributed by atoms with van der Waals surface area (Å²) < 4.78 is 0. The molecule has 3 aliphatic carbocycles. The fourth-order valence-electron chi connectivity index (χ4n) is 4.33. The zero-order valence-corrected chi connectivity index (χ0v) is 12.1. The normalized spacial score (nSPS) is 44.0. The van der Waals surface area contributed by atoms with E-state index in [2.05, 4.69) is 17.4 Å². The monoisotopic (exact) mass is 279 g/mol. The SMILES string of the molecule is CC1CCC(NC(=O)C2C3CCCC32)(C(N)=NO)CC1. The number of fused-ring (bicyclic) bond motifs is 1. The summed E-state index contributed by atoms with van der Waals surface area (Å²) in [6.45, 7) is 2.21. The second-order valence-corrected chi connectivity index (χ2v) is 7.02. The Hall–Kier alpha value is -1.26. The summed E-state index contributed by atoms with van der Waals surface area (Å²) in [4.78, 5) is 12.5. The number of hydrogen-bond donors (Lipinski definition) is 3. The van der Waals surface area contributed by atoms with Crippen molar-refractivity contribution in [2.24, 2.45) is 34.6 Å². The lowest BCUT2D eigenvalue weighted by Gasteiger charge is -2.39. The molecule has 0 bridgehead atoms. The van der Waals surface area contributed by atoms with E-state index >= 15 is 0 Å². The van der Waals surface area contributed by atoms with Gasteiger partial charge in [0.15, 0.2) is 5.84 Å². The number of rotatable bonds is 3. The molecule has 3 fully saturated rings. The minimum atomic E-state index is -0.616. The first kappa shape index (κ1) is 13.7. The summed E-state index contributed by atoms with van der Waals surface area (Å²) in [7, 11) is 0. The highest BCUT2D eigenvalue weighted by Crippen LogP contribution is 2.57. The molecule has 0 aliphatic heterocycles. The van der Waals surface area contributed by atoms with Gasteiger partial charge in [0, 0.05) is 5.92 Å². The Morgan fingerprint density at radius 2 is 1.85 bits per heavy atom. The summed E-state index contributed by atoms with van der Waals surface area (Å²) in [5.41, 5.74) is 5.28. The molecule has 20 heavy (non-hydrogen) atoms. The van der Waals surface area contributed by atoms with Crippen molar-refractivity contribution < 1.29 is 10.0 Å². The Bertz CT molecular complexity index is 417. The van der Waals surface area contributed by atoms with Gasteiger partial charge in [0.1, 0.15) is 5.54 Å². The number of amidine groups is 1. The number of nitrogens with two attached hydrogens (primary N) is 1. The van der Waals surface area contributed by atoms with Crippen molar-refractivity contribution in [3.05, 3.63) is 0 Å². The van der Waals surface area contributed by atoms with Crippen LogP contribution in [0.4, 0.5) is 0 Å². The lowest BCUT2D eigenvalue weighted by molar-refractivity contribution is -0.124. The number of oxime groups is 1. The second kappa shape index (κ2) is 4.93. The van der Waals surface area contributed by atoms with E-state index in [1.807, 2.05) is 0 Å². The van der Waals surface area contributed by atoms with Crippen molar-refractivity contribution in [2.45, 2.75) is 57.4 Å². The van der Waals surface area contributed by atoms with Crippen LogP contribution in [0.5, 0.6) is 0 Å². The molecular formula is C15H25N3O2. The van der Waals surface area contributed by atoms with Crippen LogP contribution < -0.4 is 11.1 Å². The minimum absolute atomic E-state index is 0.126. The Morgan fingerprint density at radius 3 is 2.40 bits per heavy atom. The summed E-state index contributed by atoms with van der Waals surface area (Å²) in [6, 6.07) is 0. The molecule has 3 aliphatic rings. The van der Waals surface area contributed by atoms with Crippen LogP contribution in [0.3, 0.4) is 0 Å². The molecule has 0 spiro atoms. The van der Waals surface area contributed by atoms with Crippen molar-refractivity contribution in [1.29, 1.82) is 0 Å². The largest absolute Gasteiger partial charge is 0.409 e. The number of carbonyl (C=O) groups is 1. The molecule has 0 heterocycles. The molecule has 2 unspecified atom stereocenters.